The molecular formula is C16H16Cl2N2O3S. The van der Waals surface area contributed by atoms with Crippen LogP contribution in [0.15, 0.2) is 18.3 Å². The third-order valence-corrected chi connectivity index (χ3v) is 4.87. The van der Waals surface area contributed by atoms with Crippen LogP contribution in [0.25, 0.3) is 0 Å². The molecule has 1 N–H and O–H groups in total. The van der Waals surface area contributed by atoms with E-state index in [2.05, 4.69) is 10.3 Å². The van der Waals surface area contributed by atoms with Gasteiger partial charge in [0.05, 0.1) is 10.0 Å². The molecule has 0 bridgehead atoms. The minimum absolute atomic E-state index is 0.161. The second kappa shape index (κ2) is 7.96. The van der Waals surface area contributed by atoms with Gasteiger partial charge in [0.15, 0.2) is 11.9 Å². The summed E-state index contributed by atoms with van der Waals surface area (Å²) in [5.41, 5.74) is 1.10. The second-order valence-electron chi connectivity index (χ2n) is 5.07. The van der Waals surface area contributed by atoms with Crippen molar-refractivity contribution >= 4 is 52.2 Å². The topological polar surface area (TPSA) is 68.3 Å². The Balaban J connectivity index is 2.01. The third-order valence-electron chi connectivity index (χ3n) is 3.31. The Morgan fingerprint density at radius 2 is 2.08 bits per heavy atom. The molecule has 0 aliphatic rings. The van der Waals surface area contributed by atoms with Crippen molar-refractivity contribution in [1.82, 2.24) is 4.98 Å². The number of nitrogens with zero attached hydrogens (tertiary/aromatic N) is 1. The van der Waals surface area contributed by atoms with Crippen LogP contribution in [-0.2, 0) is 16.0 Å². The fourth-order valence-corrected chi connectivity index (χ4v) is 3.39. The van der Waals surface area contributed by atoms with Gasteiger partial charge in [-0.25, -0.2) is 9.78 Å². The van der Waals surface area contributed by atoms with E-state index in [9.17, 15) is 9.59 Å². The van der Waals surface area contributed by atoms with Gasteiger partial charge < -0.3 is 10.1 Å². The lowest BCUT2D eigenvalue weighted by molar-refractivity contribution is -0.123. The molecule has 2 rings (SSSR count). The number of hydrogen-bond acceptors (Lipinski definition) is 5. The molecule has 0 fully saturated rings. The maximum atomic E-state index is 12.2. The Kier molecular flexibility index (Phi) is 6.21. The molecule has 0 spiro atoms. The van der Waals surface area contributed by atoms with Crippen LogP contribution < -0.4 is 5.32 Å². The maximum Gasteiger partial charge on any atom is 0.349 e. The Labute approximate surface area is 153 Å². The molecule has 2 aromatic heterocycles. The van der Waals surface area contributed by atoms with Gasteiger partial charge in [-0.3, -0.25) is 4.79 Å². The number of nitrogens with one attached hydrogen (secondary N) is 1. The van der Waals surface area contributed by atoms with Gasteiger partial charge in [-0.1, -0.05) is 30.1 Å². The van der Waals surface area contributed by atoms with Crippen molar-refractivity contribution in [3.05, 3.63) is 43.7 Å². The van der Waals surface area contributed by atoms with Crippen molar-refractivity contribution in [2.75, 3.05) is 5.32 Å². The number of carbonyl (C=O) groups excluding carboxylic acids is 2. The minimum Gasteiger partial charge on any atom is -0.448 e. The highest BCUT2D eigenvalue weighted by molar-refractivity contribution is 7.14. The zero-order valence-electron chi connectivity index (χ0n) is 13.4. The summed E-state index contributed by atoms with van der Waals surface area (Å²) in [5, 5.41) is 3.07. The number of aryl methyl sites for hydroxylation is 2. The molecule has 2 heterocycles. The predicted octanol–water partition coefficient (Wildman–Crippen LogP) is 4.50. The molecule has 0 aliphatic carbocycles. The summed E-state index contributed by atoms with van der Waals surface area (Å²) >= 11 is 13.1. The van der Waals surface area contributed by atoms with Gasteiger partial charge in [-0.05, 0) is 38.0 Å². The van der Waals surface area contributed by atoms with Gasteiger partial charge >= 0.3 is 5.97 Å². The number of thiophene rings is 1. The summed E-state index contributed by atoms with van der Waals surface area (Å²) in [5.74, 6) is -0.890. The van der Waals surface area contributed by atoms with Gasteiger partial charge in [0.2, 0.25) is 0 Å². The highest BCUT2D eigenvalue weighted by atomic mass is 35.5. The Bertz CT molecular complexity index is 777. The van der Waals surface area contributed by atoms with E-state index in [-0.39, 0.29) is 10.8 Å². The number of pyridine rings is 1. The van der Waals surface area contributed by atoms with Crippen molar-refractivity contribution in [2.24, 2.45) is 0 Å². The van der Waals surface area contributed by atoms with Gasteiger partial charge in [-0.15, -0.1) is 11.3 Å². The quantitative estimate of drug-likeness (QED) is 0.767. The predicted molar refractivity (Wildman–Crippen MR) is 96.2 cm³/mol. The van der Waals surface area contributed by atoms with Crippen LogP contribution >= 0.6 is 34.5 Å². The number of esters is 1. The van der Waals surface area contributed by atoms with Gasteiger partial charge in [0.25, 0.3) is 5.91 Å². The molecule has 1 atom stereocenters. The SMILES string of the molecule is CCc1cc(C(=O)O[C@H](C)C(=O)Nc2ncc(Cl)cc2Cl)sc1C. The first-order chi connectivity index (χ1) is 11.3. The molecule has 0 saturated carbocycles. The van der Waals surface area contributed by atoms with Crippen LogP contribution in [0.2, 0.25) is 10.0 Å². The molecule has 5 nitrogen and oxygen atoms in total. The summed E-state index contributed by atoms with van der Waals surface area (Å²) < 4.78 is 5.21. The lowest BCUT2D eigenvalue weighted by Gasteiger charge is -2.13. The standard InChI is InChI=1S/C16H16Cl2N2O3S/c1-4-10-5-13(24-9(10)3)16(22)23-8(2)15(21)20-14-12(18)6-11(17)7-19-14/h5-8H,4H2,1-3H3,(H,19,20,21)/t8-/m1/s1. The van der Waals surface area contributed by atoms with E-state index in [1.807, 2.05) is 13.8 Å². The smallest absolute Gasteiger partial charge is 0.349 e. The Hall–Kier alpha value is -1.63. The third kappa shape index (κ3) is 4.47. The fourth-order valence-electron chi connectivity index (χ4n) is 1.97. The molecule has 0 radical (unpaired) electrons. The van der Waals surface area contributed by atoms with E-state index in [0.29, 0.717) is 9.90 Å². The zero-order valence-corrected chi connectivity index (χ0v) is 15.7. The first-order valence-corrected chi connectivity index (χ1v) is 8.81. The van der Waals surface area contributed by atoms with Crippen molar-refractivity contribution in [3.8, 4) is 0 Å². The lowest BCUT2D eigenvalue weighted by Crippen LogP contribution is -2.30. The van der Waals surface area contributed by atoms with Crippen LogP contribution in [0, 0.1) is 6.92 Å². The monoisotopic (exact) mass is 386 g/mol. The number of ether oxygens (including phenoxy) is 1. The van der Waals surface area contributed by atoms with Crippen molar-refractivity contribution < 1.29 is 14.3 Å². The molecule has 2 aromatic rings. The summed E-state index contributed by atoms with van der Waals surface area (Å²) in [4.78, 5) is 29.8. The average Bonchev–Trinajstić information content (AvgIpc) is 2.91. The summed E-state index contributed by atoms with van der Waals surface area (Å²) in [6.45, 7) is 5.45. The van der Waals surface area contributed by atoms with Crippen molar-refractivity contribution in [3.63, 3.8) is 0 Å². The molecule has 1 amide bonds. The molecule has 0 unspecified atom stereocenters. The number of rotatable bonds is 5. The largest absolute Gasteiger partial charge is 0.448 e. The van der Waals surface area contributed by atoms with Crippen LogP contribution in [0.3, 0.4) is 0 Å². The molecule has 0 saturated heterocycles. The van der Waals surface area contributed by atoms with Gasteiger partial charge in [0, 0.05) is 11.1 Å². The number of amides is 1. The molecule has 8 heteroatoms. The zero-order chi connectivity index (χ0) is 17.9. The second-order valence-corrected chi connectivity index (χ2v) is 7.17. The summed E-state index contributed by atoms with van der Waals surface area (Å²) in [6.07, 6.45) is 1.21. The van der Waals surface area contributed by atoms with Crippen molar-refractivity contribution in [1.29, 1.82) is 0 Å². The van der Waals surface area contributed by atoms with E-state index >= 15 is 0 Å². The molecule has 24 heavy (non-hydrogen) atoms. The highest BCUT2D eigenvalue weighted by Gasteiger charge is 2.22. The molecule has 128 valence electrons. The van der Waals surface area contributed by atoms with E-state index in [1.165, 1.54) is 30.5 Å². The van der Waals surface area contributed by atoms with E-state index in [1.54, 1.807) is 6.07 Å². The lowest BCUT2D eigenvalue weighted by atomic mass is 10.2. The van der Waals surface area contributed by atoms with E-state index in [4.69, 9.17) is 27.9 Å². The number of hydrogen-bond donors (Lipinski definition) is 1. The summed E-state index contributed by atoms with van der Waals surface area (Å²) in [6, 6.07) is 3.26. The van der Waals surface area contributed by atoms with E-state index < -0.39 is 18.0 Å². The number of carbonyl (C=O) groups is 2. The number of anilines is 1. The average molecular weight is 387 g/mol. The summed E-state index contributed by atoms with van der Waals surface area (Å²) in [7, 11) is 0. The first-order valence-electron chi connectivity index (χ1n) is 7.24. The molecule has 0 aliphatic heterocycles. The van der Waals surface area contributed by atoms with Crippen LogP contribution in [0.1, 0.15) is 34.0 Å². The number of aromatic nitrogens is 1. The van der Waals surface area contributed by atoms with Crippen molar-refractivity contribution in [2.45, 2.75) is 33.3 Å². The Morgan fingerprint density at radius 1 is 1.38 bits per heavy atom. The first kappa shape index (κ1) is 18.7. The van der Waals surface area contributed by atoms with Crippen LogP contribution in [-0.4, -0.2) is 23.0 Å². The van der Waals surface area contributed by atoms with Gasteiger partial charge in [0.1, 0.15) is 4.88 Å². The van der Waals surface area contributed by atoms with E-state index in [0.717, 1.165) is 16.9 Å². The normalized spacial score (nSPS) is 11.9. The molecular weight excluding hydrogens is 371 g/mol. The fraction of sp³-hybridized carbons (Fsp3) is 0.312. The highest BCUT2D eigenvalue weighted by Crippen LogP contribution is 2.24. The van der Waals surface area contributed by atoms with Crippen LogP contribution in [0.5, 0.6) is 0 Å². The minimum atomic E-state index is -0.987. The van der Waals surface area contributed by atoms with Crippen LogP contribution in [0.4, 0.5) is 5.82 Å². The van der Waals surface area contributed by atoms with Gasteiger partial charge in [-0.2, -0.15) is 0 Å². The number of halogens is 2. The molecule has 0 aromatic carbocycles. The maximum absolute atomic E-state index is 12.2. The Morgan fingerprint density at radius 3 is 2.67 bits per heavy atom.